The molecular formula is C20H23NO5. The molecule has 2 aromatic rings. The number of nitrogens with one attached hydrogen (secondary N) is 1. The minimum atomic E-state index is -1.12. The van der Waals surface area contributed by atoms with Crippen LogP contribution in [0.4, 0.5) is 4.79 Å². The fourth-order valence-electron chi connectivity index (χ4n) is 2.32. The zero-order valence-corrected chi connectivity index (χ0v) is 14.8. The molecule has 0 saturated heterocycles. The number of benzene rings is 2. The molecule has 0 aromatic heterocycles. The van der Waals surface area contributed by atoms with Crippen molar-refractivity contribution in [2.45, 2.75) is 39.0 Å². The maximum Gasteiger partial charge on any atom is 0.408 e. The van der Waals surface area contributed by atoms with E-state index < -0.39 is 18.1 Å². The van der Waals surface area contributed by atoms with Crippen LogP contribution in [0.1, 0.15) is 25.0 Å². The van der Waals surface area contributed by atoms with Crippen molar-refractivity contribution in [3.05, 3.63) is 65.7 Å². The smallest absolute Gasteiger partial charge is 0.408 e. The maximum atomic E-state index is 11.9. The van der Waals surface area contributed by atoms with Gasteiger partial charge in [-0.2, -0.15) is 0 Å². The van der Waals surface area contributed by atoms with Crippen LogP contribution in [-0.2, 0) is 22.6 Å². The quantitative estimate of drug-likeness (QED) is 0.756. The molecular weight excluding hydrogens is 334 g/mol. The number of hydrogen-bond donors (Lipinski definition) is 2. The van der Waals surface area contributed by atoms with Crippen LogP contribution in [0.2, 0.25) is 0 Å². The summed E-state index contributed by atoms with van der Waals surface area (Å²) in [6.07, 6.45) is -0.549. The molecule has 0 bridgehead atoms. The molecule has 26 heavy (non-hydrogen) atoms. The lowest BCUT2D eigenvalue weighted by atomic mass is 10.1. The lowest BCUT2D eigenvalue weighted by Gasteiger charge is -2.15. The van der Waals surface area contributed by atoms with Crippen molar-refractivity contribution in [3.8, 4) is 5.75 Å². The molecule has 6 nitrogen and oxygen atoms in total. The molecule has 1 atom stereocenters. The van der Waals surface area contributed by atoms with Gasteiger partial charge in [-0.15, -0.1) is 0 Å². The van der Waals surface area contributed by atoms with Crippen molar-refractivity contribution in [2.24, 2.45) is 0 Å². The second-order valence-corrected chi connectivity index (χ2v) is 6.11. The molecule has 0 unspecified atom stereocenters. The number of carboxylic acid groups (broad SMARTS) is 1. The largest absolute Gasteiger partial charge is 0.491 e. The van der Waals surface area contributed by atoms with Gasteiger partial charge < -0.3 is 19.9 Å². The number of amides is 1. The average Bonchev–Trinajstić information content (AvgIpc) is 2.61. The van der Waals surface area contributed by atoms with E-state index in [0.29, 0.717) is 5.75 Å². The first-order valence-electron chi connectivity index (χ1n) is 8.39. The minimum absolute atomic E-state index is 0.0636. The van der Waals surface area contributed by atoms with Crippen LogP contribution in [0.3, 0.4) is 0 Å². The van der Waals surface area contributed by atoms with E-state index in [0.717, 1.165) is 11.1 Å². The molecule has 0 saturated carbocycles. The molecule has 2 rings (SSSR count). The molecule has 2 N–H and O–H groups in total. The predicted octanol–water partition coefficient (Wildman–Crippen LogP) is 3.40. The summed E-state index contributed by atoms with van der Waals surface area (Å²) in [5.74, 6) is -0.407. The summed E-state index contributed by atoms with van der Waals surface area (Å²) in [5, 5.41) is 11.7. The topological polar surface area (TPSA) is 84.9 Å². The van der Waals surface area contributed by atoms with E-state index in [1.165, 1.54) is 0 Å². The van der Waals surface area contributed by atoms with Crippen molar-refractivity contribution in [2.75, 3.05) is 0 Å². The Morgan fingerprint density at radius 2 is 1.65 bits per heavy atom. The zero-order chi connectivity index (χ0) is 18.9. The summed E-state index contributed by atoms with van der Waals surface area (Å²) >= 11 is 0. The van der Waals surface area contributed by atoms with Gasteiger partial charge in [0.15, 0.2) is 0 Å². The molecule has 2 aromatic carbocycles. The third-order valence-electron chi connectivity index (χ3n) is 3.54. The van der Waals surface area contributed by atoms with Gasteiger partial charge in [-0.25, -0.2) is 9.59 Å². The Morgan fingerprint density at radius 1 is 1.00 bits per heavy atom. The first-order valence-corrected chi connectivity index (χ1v) is 8.39. The summed E-state index contributed by atoms with van der Waals surface area (Å²) in [4.78, 5) is 23.3. The first kappa shape index (κ1) is 19.3. The van der Waals surface area contributed by atoms with Gasteiger partial charge in [-0.3, -0.25) is 0 Å². The highest BCUT2D eigenvalue weighted by atomic mass is 16.5. The Bertz CT molecular complexity index is 713. The van der Waals surface area contributed by atoms with Crippen LogP contribution in [0.5, 0.6) is 5.75 Å². The normalized spacial score (nSPS) is 11.7. The van der Waals surface area contributed by atoms with E-state index in [9.17, 15) is 14.7 Å². The van der Waals surface area contributed by atoms with E-state index in [1.54, 1.807) is 24.3 Å². The van der Waals surface area contributed by atoms with E-state index in [1.807, 2.05) is 44.2 Å². The summed E-state index contributed by atoms with van der Waals surface area (Å²) in [6, 6.07) is 15.2. The summed E-state index contributed by atoms with van der Waals surface area (Å²) in [5.41, 5.74) is 1.60. The number of carbonyl (C=O) groups is 2. The van der Waals surface area contributed by atoms with Crippen LogP contribution < -0.4 is 10.1 Å². The monoisotopic (exact) mass is 357 g/mol. The van der Waals surface area contributed by atoms with Crippen LogP contribution in [-0.4, -0.2) is 29.3 Å². The second-order valence-electron chi connectivity index (χ2n) is 6.11. The Hall–Kier alpha value is -3.02. The van der Waals surface area contributed by atoms with Crippen molar-refractivity contribution in [1.82, 2.24) is 5.32 Å². The molecule has 0 aliphatic rings. The van der Waals surface area contributed by atoms with Gasteiger partial charge in [0.1, 0.15) is 18.4 Å². The molecule has 0 fully saturated rings. The lowest BCUT2D eigenvalue weighted by Crippen LogP contribution is -2.42. The number of alkyl carbamates (subject to hydrolysis) is 1. The lowest BCUT2D eigenvalue weighted by molar-refractivity contribution is -0.139. The van der Waals surface area contributed by atoms with E-state index in [2.05, 4.69) is 5.32 Å². The van der Waals surface area contributed by atoms with Crippen LogP contribution in [0.15, 0.2) is 54.6 Å². The third kappa shape index (κ3) is 6.47. The van der Waals surface area contributed by atoms with E-state index in [-0.39, 0.29) is 19.1 Å². The Balaban J connectivity index is 1.89. The highest BCUT2D eigenvalue weighted by molar-refractivity contribution is 5.80. The molecule has 0 aliphatic carbocycles. The predicted molar refractivity (Wildman–Crippen MR) is 97.1 cm³/mol. The fourth-order valence-corrected chi connectivity index (χ4v) is 2.32. The van der Waals surface area contributed by atoms with Crippen LogP contribution in [0.25, 0.3) is 0 Å². The van der Waals surface area contributed by atoms with E-state index in [4.69, 9.17) is 9.47 Å². The van der Waals surface area contributed by atoms with Gasteiger partial charge in [0.25, 0.3) is 0 Å². The molecule has 0 radical (unpaired) electrons. The average molecular weight is 357 g/mol. The molecule has 6 heteroatoms. The number of aliphatic carboxylic acids is 1. The summed E-state index contributed by atoms with van der Waals surface area (Å²) in [7, 11) is 0. The van der Waals surface area contributed by atoms with Gasteiger partial charge in [-0.1, -0.05) is 42.5 Å². The van der Waals surface area contributed by atoms with Crippen molar-refractivity contribution in [1.29, 1.82) is 0 Å². The van der Waals surface area contributed by atoms with Gasteiger partial charge in [0, 0.05) is 6.42 Å². The van der Waals surface area contributed by atoms with Crippen LogP contribution in [0, 0.1) is 0 Å². The minimum Gasteiger partial charge on any atom is -0.491 e. The molecule has 0 heterocycles. The van der Waals surface area contributed by atoms with Crippen molar-refractivity contribution >= 4 is 12.1 Å². The first-order chi connectivity index (χ1) is 12.4. The highest BCUT2D eigenvalue weighted by Crippen LogP contribution is 2.15. The summed E-state index contributed by atoms with van der Waals surface area (Å²) < 4.78 is 10.6. The summed E-state index contributed by atoms with van der Waals surface area (Å²) in [6.45, 7) is 3.94. The molecule has 0 aliphatic heterocycles. The van der Waals surface area contributed by atoms with Gasteiger partial charge in [0.2, 0.25) is 0 Å². The zero-order valence-electron chi connectivity index (χ0n) is 14.8. The molecule has 138 valence electrons. The number of carbonyl (C=O) groups excluding carboxylic acids is 1. The molecule has 1 amide bonds. The van der Waals surface area contributed by atoms with Crippen molar-refractivity contribution in [3.63, 3.8) is 0 Å². The standard InChI is InChI=1S/C20H23NO5/c1-14(2)26-17-10-8-15(9-11-17)12-18(19(22)23)21-20(24)25-13-16-6-4-3-5-7-16/h3-11,14,18H,12-13H2,1-2H3,(H,21,24)(H,22,23)/t18-/m0/s1. The third-order valence-corrected chi connectivity index (χ3v) is 3.54. The maximum absolute atomic E-state index is 11.9. The number of ether oxygens (including phenoxy) is 2. The van der Waals surface area contributed by atoms with Gasteiger partial charge in [-0.05, 0) is 37.1 Å². The van der Waals surface area contributed by atoms with Crippen molar-refractivity contribution < 1.29 is 24.2 Å². The highest BCUT2D eigenvalue weighted by Gasteiger charge is 2.21. The Morgan fingerprint density at radius 3 is 2.23 bits per heavy atom. The van der Waals surface area contributed by atoms with Gasteiger partial charge >= 0.3 is 12.1 Å². The Labute approximate surface area is 152 Å². The van der Waals surface area contributed by atoms with Crippen LogP contribution >= 0.6 is 0 Å². The fraction of sp³-hybridized carbons (Fsp3) is 0.300. The van der Waals surface area contributed by atoms with E-state index >= 15 is 0 Å². The van der Waals surface area contributed by atoms with Gasteiger partial charge in [0.05, 0.1) is 6.10 Å². The number of hydrogen-bond acceptors (Lipinski definition) is 4. The second kappa shape index (κ2) is 9.46. The number of rotatable bonds is 8. The Kier molecular flexibility index (Phi) is 7.02. The molecule has 0 spiro atoms. The number of carboxylic acids is 1. The SMILES string of the molecule is CC(C)Oc1ccc(C[C@H](NC(=O)OCc2ccccc2)C(=O)O)cc1.